The lowest BCUT2D eigenvalue weighted by Gasteiger charge is -2.27. The van der Waals surface area contributed by atoms with Crippen molar-refractivity contribution in [3.63, 3.8) is 0 Å². The predicted octanol–water partition coefficient (Wildman–Crippen LogP) is 6.81. The number of para-hydroxylation sites is 2. The lowest BCUT2D eigenvalue weighted by molar-refractivity contribution is -0.401. The molecule has 2 heterocycles. The Kier molecular flexibility index (Phi) is 7.07. The molecule has 0 fully saturated rings. The van der Waals surface area contributed by atoms with Crippen LogP contribution in [0.1, 0.15) is 38.8 Å². The van der Waals surface area contributed by atoms with Crippen LogP contribution in [-0.2, 0) is 10.8 Å². The highest BCUT2D eigenvalue weighted by molar-refractivity contribution is 7.39. The van der Waals surface area contributed by atoms with Gasteiger partial charge in [-0.05, 0) is 40.3 Å². The monoisotopic (exact) mass is 470 g/mol. The minimum atomic E-state index is -0.0323. The van der Waals surface area contributed by atoms with Crippen molar-refractivity contribution in [3.8, 4) is 0 Å². The van der Waals surface area contributed by atoms with Crippen molar-refractivity contribution >= 4 is 25.8 Å². The van der Waals surface area contributed by atoms with Gasteiger partial charge in [-0.25, -0.2) is 0 Å². The zero-order valence-corrected chi connectivity index (χ0v) is 22.1. The van der Waals surface area contributed by atoms with E-state index in [2.05, 4.69) is 135 Å². The van der Waals surface area contributed by atoms with Crippen molar-refractivity contribution in [1.29, 1.82) is 0 Å². The van der Waals surface area contributed by atoms with E-state index in [1.165, 1.54) is 33.9 Å². The highest BCUT2D eigenvalue weighted by atomic mass is 31.1. The van der Waals surface area contributed by atoms with Crippen molar-refractivity contribution in [2.45, 2.75) is 38.5 Å². The summed E-state index contributed by atoms with van der Waals surface area (Å²) < 4.78 is 2.31. The van der Waals surface area contributed by atoms with Gasteiger partial charge in [0.05, 0.1) is 5.41 Å². The van der Waals surface area contributed by atoms with E-state index in [1.54, 1.807) is 0 Å². The average molecular weight is 471 g/mol. The van der Waals surface area contributed by atoms with Gasteiger partial charge in [0.1, 0.15) is 7.05 Å². The van der Waals surface area contributed by atoms with Gasteiger partial charge in [-0.3, -0.25) is 5.09 Å². The van der Waals surface area contributed by atoms with E-state index in [9.17, 15) is 0 Å². The maximum Gasteiger partial charge on any atom is 0.209 e. The predicted molar refractivity (Wildman–Crippen MR) is 150 cm³/mol. The van der Waals surface area contributed by atoms with Crippen molar-refractivity contribution in [3.05, 3.63) is 108 Å². The molecule has 0 bridgehead atoms. The van der Waals surface area contributed by atoms with E-state index in [-0.39, 0.29) is 10.8 Å². The third-order valence-electron chi connectivity index (χ3n) is 7.13. The molecular weight excluding hydrogens is 433 g/mol. The van der Waals surface area contributed by atoms with Crippen LogP contribution in [0.25, 0.3) is 0 Å². The molecule has 0 saturated carbocycles. The summed E-state index contributed by atoms with van der Waals surface area (Å²) in [6.45, 7) is 14.9. The number of rotatable bonds is 8. The largest absolute Gasteiger partial charge is 0.343 e. The second kappa shape index (κ2) is 9.86. The SMILES string of the molecule is C=CPNCCN1/C(=C/C=C/C=C/C2=[N+](C)c3ccccc3C2(C)C)C(C)(C)c2ccccc21. The van der Waals surface area contributed by atoms with E-state index < -0.39 is 0 Å². The first-order valence-corrected chi connectivity index (χ1v) is 13.1. The standard InChI is InChI=1S/C30H37N3P/c1-7-34-31-21-22-33-26-18-14-12-16-24(26)30(4,5)28(33)20-10-8-9-19-27-29(2,3)23-15-11-13-17-25(23)32(27)6/h7-20,31,34H,1,21-22H2,2-6H3/q+1. The van der Waals surface area contributed by atoms with Crippen LogP contribution in [0.4, 0.5) is 11.4 Å². The molecule has 176 valence electrons. The third-order valence-corrected chi connectivity index (χ3v) is 7.79. The third kappa shape index (κ3) is 4.35. The minimum absolute atomic E-state index is 0.000858. The number of hydrogen-bond donors (Lipinski definition) is 1. The molecule has 34 heavy (non-hydrogen) atoms. The highest BCUT2D eigenvalue weighted by Crippen LogP contribution is 2.47. The maximum absolute atomic E-state index is 3.82. The van der Waals surface area contributed by atoms with Gasteiger partial charge in [-0.2, -0.15) is 4.58 Å². The van der Waals surface area contributed by atoms with Gasteiger partial charge in [0, 0.05) is 47.6 Å². The molecule has 2 aromatic rings. The molecule has 0 aromatic heterocycles. The van der Waals surface area contributed by atoms with E-state index >= 15 is 0 Å². The Labute approximate surface area is 207 Å². The van der Waals surface area contributed by atoms with Crippen LogP contribution in [0.15, 0.2) is 97.0 Å². The van der Waals surface area contributed by atoms with E-state index in [4.69, 9.17) is 0 Å². The summed E-state index contributed by atoms with van der Waals surface area (Å²) in [7, 11) is 2.75. The van der Waals surface area contributed by atoms with Gasteiger partial charge in [0.2, 0.25) is 5.69 Å². The fourth-order valence-electron chi connectivity index (χ4n) is 5.35. The maximum atomic E-state index is 3.82. The molecular formula is C30H37N3P+. The first-order valence-electron chi connectivity index (χ1n) is 12.0. The Morgan fingerprint density at radius 3 is 2.38 bits per heavy atom. The van der Waals surface area contributed by atoms with Crippen LogP contribution >= 0.6 is 8.73 Å². The number of anilines is 1. The van der Waals surface area contributed by atoms with Gasteiger partial charge >= 0.3 is 0 Å². The van der Waals surface area contributed by atoms with Crippen LogP contribution in [0.3, 0.4) is 0 Å². The lowest BCUT2D eigenvalue weighted by Crippen LogP contribution is -2.30. The van der Waals surface area contributed by atoms with Crippen LogP contribution in [0, 0.1) is 0 Å². The molecule has 4 heteroatoms. The zero-order valence-electron chi connectivity index (χ0n) is 21.1. The molecule has 2 aliphatic rings. The minimum Gasteiger partial charge on any atom is -0.343 e. The average Bonchev–Trinajstić information content (AvgIpc) is 3.16. The van der Waals surface area contributed by atoms with E-state index in [0.29, 0.717) is 8.73 Å². The smallest absolute Gasteiger partial charge is 0.209 e. The fraction of sp³-hybridized carbons (Fsp3) is 0.300. The van der Waals surface area contributed by atoms with Crippen LogP contribution in [0.5, 0.6) is 0 Å². The molecule has 0 spiro atoms. The first-order chi connectivity index (χ1) is 16.3. The number of hydrogen-bond acceptors (Lipinski definition) is 2. The molecule has 0 aliphatic carbocycles. The summed E-state index contributed by atoms with van der Waals surface area (Å²) in [5.74, 6) is 1.94. The summed E-state index contributed by atoms with van der Waals surface area (Å²) in [4.78, 5) is 2.46. The molecule has 3 nitrogen and oxygen atoms in total. The van der Waals surface area contributed by atoms with Gasteiger partial charge in [0.15, 0.2) is 5.71 Å². The zero-order chi connectivity index (χ0) is 24.3. The van der Waals surface area contributed by atoms with Crippen LogP contribution < -0.4 is 9.99 Å². The number of benzene rings is 2. The molecule has 4 rings (SSSR count). The second-order valence-corrected chi connectivity index (χ2v) is 11.0. The van der Waals surface area contributed by atoms with Crippen molar-refractivity contribution in [2.75, 3.05) is 25.0 Å². The Balaban J connectivity index is 1.56. The molecule has 0 saturated heterocycles. The lowest BCUT2D eigenvalue weighted by atomic mass is 9.81. The normalized spacial score (nSPS) is 19.8. The molecule has 1 atom stereocenters. The molecule has 0 amide bonds. The fourth-order valence-corrected chi connectivity index (χ4v) is 5.75. The van der Waals surface area contributed by atoms with Gasteiger partial charge in [0.25, 0.3) is 0 Å². The molecule has 2 aliphatic heterocycles. The van der Waals surface area contributed by atoms with Gasteiger partial charge in [-0.1, -0.05) is 80.9 Å². The van der Waals surface area contributed by atoms with Crippen molar-refractivity contribution < 1.29 is 4.58 Å². The highest BCUT2D eigenvalue weighted by Gasteiger charge is 2.42. The van der Waals surface area contributed by atoms with E-state index in [0.717, 1.165) is 13.1 Å². The number of fused-ring (bicyclic) bond motifs is 2. The molecule has 1 unspecified atom stereocenters. The van der Waals surface area contributed by atoms with E-state index in [1.807, 2.05) is 5.82 Å². The van der Waals surface area contributed by atoms with Crippen LogP contribution in [-0.4, -0.2) is 30.4 Å². The number of nitrogens with one attached hydrogen (secondary N) is 1. The summed E-state index contributed by atoms with van der Waals surface area (Å²) >= 11 is 0. The molecule has 2 aromatic carbocycles. The summed E-state index contributed by atoms with van der Waals surface area (Å²) in [5, 5.41) is 3.47. The first kappa shape index (κ1) is 24.4. The van der Waals surface area contributed by atoms with Gasteiger partial charge in [-0.15, -0.1) is 0 Å². The Bertz CT molecular complexity index is 1200. The number of allylic oxidation sites excluding steroid dienone is 6. The Morgan fingerprint density at radius 2 is 1.65 bits per heavy atom. The second-order valence-electron chi connectivity index (χ2n) is 9.95. The summed E-state index contributed by atoms with van der Waals surface area (Å²) in [6, 6.07) is 17.5. The molecule has 0 radical (unpaired) electrons. The Morgan fingerprint density at radius 1 is 0.941 bits per heavy atom. The molecule has 1 N–H and O–H groups in total. The number of nitrogens with zero attached hydrogens (tertiary/aromatic N) is 2. The van der Waals surface area contributed by atoms with Crippen LogP contribution in [0.2, 0.25) is 0 Å². The summed E-state index contributed by atoms with van der Waals surface area (Å²) in [5.41, 5.74) is 8.00. The quantitative estimate of drug-likeness (QED) is 0.198. The van der Waals surface area contributed by atoms with Crippen molar-refractivity contribution in [2.24, 2.45) is 0 Å². The Hall–Kier alpha value is -2.74. The van der Waals surface area contributed by atoms with Gasteiger partial charge < -0.3 is 4.90 Å². The topological polar surface area (TPSA) is 18.3 Å². The summed E-state index contributed by atoms with van der Waals surface area (Å²) in [6.07, 6.45) is 11.0. The van der Waals surface area contributed by atoms with Crippen molar-refractivity contribution in [1.82, 2.24) is 5.09 Å².